The lowest BCUT2D eigenvalue weighted by molar-refractivity contribution is 0.0759. The van der Waals surface area contributed by atoms with Gasteiger partial charge in [-0.15, -0.1) is 0 Å². The van der Waals surface area contributed by atoms with Gasteiger partial charge in [0.2, 0.25) is 10.0 Å². The number of halogens is 1. The first kappa shape index (κ1) is 21.2. The second-order valence-corrected chi connectivity index (χ2v) is 10.5. The predicted molar refractivity (Wildman–Crippen MR) is 116 cm³/mol. The molecule has 0 unspecified atom stereocenters. The van der Waals surface area contributed by atoms with Crippen LogP contribution in [0.15, 0.2) is 48.5 Å². The van der Waals surface area contributed by atoms with E-state index in [1.54, 1.807) is 52.7 Å². The second kappa shape index (κ2) is 8.57. The second-order valence-electron chi connectivity index (χ2n) is 7.86. The Balaban J connectivity index is 1.44. The Morgan fingerprint density at radius 3 is 2.57 bits per heavy atom. The molecule has 2 saturated heterocycles. The molecule has 0 bridgehead atoms. The summed E-state index contributed by atoms with van der Waals surface area (Å²) in [6.45, 7) is 1.83. The Hall–Kier alpha value is -2.09. The van der Waals surface area contributed by atoms with E-state index < -0.39 is 15.3 Å². The van der Waals surface area contributed by atoms with Crippen LogP contribution in [-0.4, -0.2) is 55.5 Å². The highest BCUT2D eigenvalue weighted by Gasteiger charge is 2.47. The highest BCUT2D eigenvalue weighted by molar-refractivity contribution is 7.90. The highest BCUT2D eigenvalue weighted by atomic mass is 35.5. The summed E-state index contributed by atoms with van der Waals surface area (Å²) in [7, 11) is -1.83. The van der Waals surface area contributed by atoms with Gasteiger partial charge in [-0.2, -0.15) is 4.31 Å². The van der Waals surface area contributed by atoms with Crippen molar-refractivity contribution in [3.63, 3.8) is 0 Å². The van der Waals surface area contributed by atoms with Crippen LogP contribution < -0.4 is 4.74 Å². The molecule has 0 aliphatic carbocycles. The number of fused-ring (bicyclic) bond motifs is 1. The molecule has 2 atom stereocenters. The lowest BCUT2D eigenvalue weighted by atomic mass is 10.0. The first-order chi connectivity index (χ1) is 14.4. The molecular weight excluding hydrogens is 424 g/mol. The molecular formula is C22H25ClN2O4S. The molecule has 1 amide bonds. The third-order valence-electron chi connectivity index (χ3n) is 6.03. The van der Waals surface area contributed by atoms with E-state index in [4.69, 9.17) is 16.3 Å². The van der Waals surface area contributed by atoms with Gasteiger partial charge in [0.25, 0.3) is 5.91 Å². The van der Waals surface area contributed by atoms with Gasteiger partial charge in [-0.1, -0.05) is 23.7 Å². The van der Waals surface area contributed by atoms with Crippen LogP contribution in [0.25, 0.3) is 0 Å². The number of likely N-dealkylation sites (tertiary alicyclic amines) is 1. The molecule has 2 aromatic rings. The minimum Gasteiger partial charge on any atom is -0.497 e. The fourth-order valence-electron chi connectivity index (χ4n) is 4.41. The number of rotatable bonds is 4. The van der Waals surface area contributed by atoms with E-state index in [-0.39, 0.29) is 11.8 Å². The summed E-state index contributed by atoms with van der Waals surface area (Å²) in [5.41, 5.74) is 1.48. The Labute approximate surface area is 182 Å². The summed E-state index contributed by atoms with van der Waals surface area (Å²) in [6, 6.07) is 14.3. The van der Waals surface area contributed by atoms with Crippen LogP contribution in [-0.2, 0) is 16.6 Å². The first-order valence-corrected chi connectivity index (χ1v) is 11.9. The number of methoxy groups -OCH3 is 1. The lowest BCUT2D eigenvalue weighted by Gasteiger charge is -2.22. The van der Waals surface area contributed by atoms with Gasteiger partial charge in [0, 0.05) is 36.8 Å². The van der Waals surface area contributed by atoms with Crippen molar-refractivity contribution in [1.29, 1.82) is 0 Å². The third kappa shape index (κ3) is 4.19. The molecule has 0 spiro atoms. The van der Waals surface area contributed by atoms with Gasteiger partial charge >= 0.3 is 0 Å². The number of nitrogens with zero attached hydrogens (tertiary/aromatic N) is 2. The van der Waals surface area contributed by atoms with Gasteiger partial charge in [-0.05, 0) is 60.7 Å². The quantitative estimate of drug-likeness (QED) is 0.718. The third-order valence-corrected chi connectivity index (χ3v) is 8.65. The number of amides is 1. The van der Waals surface area contributed by atoms with Crippen LogP contribution in [0.3, 0.4) is 0 Å². The van der Waals surface area contributed by atoms with E-state index >= 15 is 0 Å². The average Bonchev–Trinajstić information content (AvgIpc) is 2.87. The Morgan fingerprint density at radius 1 is 1.13 bits per heavy atom. The average molecular weight is 449 g/mol. The zero-order valence-corrected chi connectivity index (χ0v) is 18.4. The fraction of sp³-hybridized carbons (Fsp3) is 0.409. The lowest BCUT2D eigenvalue weighted by Crippen LogP contribution is -2.34. The summed E-state index contributed by atoms with van der Waals surface area (Å²) >= 11 is 6.05. The molecule has 0 radical (unpaired) electrons. The zero-order valence-electron chi connectivity index (χ0n) is 16.8. The van der Waals surface area contributed by atoms with Crippen molar-refractivity contribution >= 4 is 27.5 Å². The summed E-state index contributed by atoms with van der Waals surface area (Å²) in [5.74, 6) is 0.663. The molecule has 2 aliphatic heterocycles. The number of ether oxygens (including phenoxy) is 1. The summed E-state index contributed by atoms with van der Waals surface area (Å²) in [4.78, 5) is 14.7. The normalized spacial score (nSPS) is 23.6. The SMILES string of the molecule is COc1ccc(C(=O)N2CC[C@@H]3CN(Cc4cccc(Cl)c4)S(=O)(=O)[C@@H]3CC2)cc1. The van der Waals surface area contributed by atoms with Crippen molar-refractivity contribution in [3.8, 4) is 5.75 Å². The summed E-state index contributed by atoms with van der Waals surface area (Å²) in [5, 5.41) is 0.163. The van der Waals surface area contributed by atoms with E-state index in [1.165, 1.54) is 0 Å². The van der Waals surface area contributed by atoms with Gasteiger partial charge in [-0.3, -0.25) is 4.79 Å². The van der Waals surface area contributed by atoms with E-state index in [0.29, 0.717) is 55.4 Å². The number of sulfonamides is 1. The molecule has 30 heavy (non-hydrogen) atoms. The largest absolute Gasteiger partial charge is 0.497 e. The van der Waals surface area contributed by atoms with E-state index in [0.717, 1.165) is 5.56 Å². The molecule has 2 fully saturated rings. The molecule has 6 nitrogen and oxygen atoms in total. The molecule has 4 rings (SSSR count). The summed E-state index contributed by atoms with van der Waals surface area (Å²) < 4.78 is 33.0. The van der Waals surface area contributed by atoms with Crippen LogP contribution >= 0.6 is 11.6 Å². The number of hydrogen-bond donors (Lipinski definition) is 0. The number of carbonyl (C=O) groups is 1. The smallest absolute Gasteiger partial charge is 0.253 e. The standard InChI is InChI=1S/C22H25ClN2O4S/c1-29-20-7-5-17(6-8-20)22(26)24-11-9-18-15-25(30(27,28)21(18)10-12-24)14-16-3-2-4-19(23)13-16/h2-8,13,18,21H,9-12,14-15H2,1H3/t18-,21-/m1/s1. The van der Waals surface area contributed by atoms with Gasteiger partial charge in [0.1, 0.15) is 5.75 Å². The van der Waals surface area contributed by atoms with E-state index in [9.17, 15) is 13.2 Å². The van der Waals surface area contributed by atoms with Gasteiger partial charge in [0.15, 0.2) is 0 Å². The molecule has 2 heterocycles. The highest BCUT2D eigenvalue weighted by Crippen LogP contribution is 2.35. The van der Waals surface area contributed by atoms with Crippen LogP contribution in [0.1, 0.15) is 28.8 Å². The van der Waals surface area contributed by atoms with Gasteiger partial charge in [-0.25, -0.2) is 8.42 Å². The molecule has 8 heteroatoms. The van der Waals surface area contributed by atoms with Crippen LogP contribution in [0.4, 0.5) is 0 Å². The molecule has 0 aromatic heterocycles. The minimum atomic E-state index is -3.41. The molecule has 0 saturated carbocycles. The molecule has 160 valence electrons. The van der Waals surface area contributed by atoms with Crippen molar-refractivity contribution in [2.75, 3.05) is 26.7 Å². The monoisotopic (exact) mass is 448 g/mol. The zero-order chi connectivity index (χ0) is 21.3. The molecule has 2 aliphatic rings. The Kier molecular flexibility index (Phi) is 6.04. The van der Waals surface area contributed by atoms with E-state index in [2.05, 4.69) is 0 Å². The van der Waals surface area contributed by atoms with Crippen LogP contribution in [0.5, 0.6) is 5.75 Å². The van der Waals surface area contributed by atoms with Crippen molar-refractivity contribution < 1.29 is 17.9 Å². The number of carbonyl (C=O) groups excluding carboxylic acids is 1. The first-order valence-electron chi connectivity index (χ1n) is 10.0. The predicted octanol–water partition coefficient (Wildman–Crippen LogP) is 3.42. The maximum atomic E-state index is 13.2. The van der Waals surface area contributed by atoms with Gasteiger partial charge < -0.3 is 9.64 Å². The number of hydrogen-bond acceptors (Lipinski definition) is 4. The van der Waals surface area contributed by atoms with Gasteiger partial charge in [0.05, 0.1) is 12.4 Å². The fourth-order valence-corrected chi connectivity index (χ4v) is 6.84. The Morgan fingerprint density at radius 2 is 1.87 bits per heavy atom. The van der Waals surface area contributed by atoms with Crippen molar-refractivity contribution in [3.05, 3.63) is 64.7 Å². The maximum absolute atomic E-state index is 13.2. The Bertz CT molecular complexity index is 1030. The molecule has 0 N–H and O–H groups in total. The maximum Gasteiger partial charge on any atom is 0.253 e. The summed E-state index contributed by atoms with van der Waals surface area (Å²) in [6.07, 6.45) is 1.14. The van der Waals surface area contributed by atoms with E-state index in [1.807, 2.05) is 12.1 Å². The minimum absolute atomic E-state index is 0.0304. The van der Waals surface area contributed by atoms with Crippen molar-refractivity contribution in [2.45, 2.75) is 24.6 Å². The van der Waals surface area contributed by atoms with Crippen molar-refractivity contribution in [1.82, 2.24) is 9.21 Å². The van der Waals surface area contributed by atoms with Crippen LogP contribution in [0, 0.1) is 5.92 Å². The number of benzene rings is 2. The molecule has 2 aromatic carbocycles. The van der Waals surface area contributed by atoms with Crippen molar-refractivity contribution in [2.24, 2.45) is 5.92 Å². The van der Waals surface area contributed by atoms with Crippen LogP contribution in [0.2, 0.25) is 5.02 Å². The topological polar surface area (TPSA) is 66.9 Å².